The molecule has 4 heteroatoms. The van der Waals surface area contributed by atoms with E-state index in [4.69, 9.17) is 4.74 Å². The number of hydrogen-bond acceptors (Lipinski definition) is 3. The number of ether oxygens (including phenoxy) is 1. The van der Waals surface area contributed by atoms with Gasteiger partial charge in [-0.2, -0.15) is 28.2 Å². The van der Waals surface area contributed by atoms with Gasteiger partial charge in [0, 0.05) is 17.1 Å². The monoisotopic (exact) mass is 317 g/mol. The van der Waals surface area contributed by atoms with Gasteiger partial charge in [-0.15, -0.1) is 12.1 Å². The first kappa shape index (κ1) is 17.2. The average Bonchev–Trinajstić information content (AvgIpc) is 2.27. The van der Waals surface area contributed by atoms with Gasteiger partial charge in [-0.25, -0.2) is 0 Å². The quantitative estimate of drug-likeness (QED) is 0.796. The molecule has 90 valence electrons. The molecule has 2 rings (SSSR count). The van der Waals surface area contributed by atoms with Crippen LogP contribution in [0.5, 0.6) is 11.8 Å². The van der Waals surface area contributed by atoms with E-state index in [1.807, 2.05) is 32.9 Å². The third kappa shape index (κ3) is 4.14. The van der Waals surface area contributed by atoms with Crippen molar-refractivity contribution in [3.8, 4) is 11.8 Å². The van der Waals surface area contributed by atoms with Gasteiger partial charge in [-0.1, -0.05) is 0 Å². The molecule has 0 aliphatic heterocycles. The molecule has 18 heavy (non-hydrogen) atoms. The summed E-state index contributed by atoms with van der Waals surface area (Å²) in [6, 6.07) is 10.6. The SMILES string of the molecule is Cc1nc(Oc2cc[c-]cc2)nc(C)c1C.[CH3-].[Y+3]. The van der Waals surface area contributed by atoms with Gasteiger partial charge in [0.1, 0.15) is 0 Å². The van der Waals surface area contributed by atoms with E-state index in [-0.39, 0.29) is 40.1 Å². The van der Waals surface area contributed by atoms with Crippen molar-refractivity contribution in [1.29, 1.82) is 0 Å². The first-order valence-electron chi connectivity index (χ1n) is 5.12. The van der Waals surface area contributed by atoms with Crippen molar-refractivity contribution in [2.24, 2.45) is 0 Å². The zero-order chi connectivity index (χ0) is 11.5. The Labute approximate surface area is 134 Å². The summed E-state index contributed by atoms with van der Waals surface area (Å²) in [6.45, 7) is 5.91. The summed E-state index contributed by atoms with van der Waals surface area (Å²) in [4.78, 5) is 8.57. The van der Waals surface area contributed by atoms with Gasteiger partial charge in [-0.05, 0) is 26.3 Å². The van der Waals surface area contributed by atoms with Crippen LogP contribution in [0.1, 0.15) is 17.0 Å². The van der Waals surface area contributed by atoms with E-state index in [0.29, 0.717) is 6.01 Å². The van der Waals surface area contributed by atoms with Gasteiger partial charge >= 0.3 is 38.7 Å². The third-order valence-corrected chi connectivity index (χ3v) is 2.51. The van der Waals surface area contributed by atoms with E-state index in [2.05, 4.69) is 16.0 Å². The van der Waals surface area contributed by atoms with E-state index in [1.165, 1.54) is 0 Å². The number of hydrogen-bond donors (Lipinski definition) is 0. The summed E-state index contributed by atoms with van der Waals surface area (Å²) < 4.78 is 5.55. The van der Waals surface area contributed by atoms with Crippen molar-refractivity contribution in [2.45, 2.75) is 20.8 Å². The van der Waals surface area contributed by atoms with E-state index in [0.717, 1.165) is 22.7 Å². The largest absolute Gasteiger partial charge is 3.00 e. The van der Waals surface area contributed by atoms with Crippen molar-refractivity contribution in [3.05, 3.63) is 54.7 Å². The Morgan fingerprint density at radius 1 is 1.00 bits per heavy atom. The minimum absolute atomic E-state index is 0. The zero-order valence-electron chi connectivity index (χ0n) is 11.2. The molecule has 0 aliphatic rings. The Hall–Kier alpha value is -0.796. The predicted molar refractivity (Wildman–Crippen MR) is 68.0 cm³/mol. The number of rotatable bonds is 2. The number of benzene rings is 1. The Kier molecular flexibility index (Phi) is 7.26. The molecule has 0 unspecified atom stereocenters. The van der Waals surface area contributed by atoms with Crippen LogP contribution in [0, 0.1) is 34.3 Å². The average molecular weight is 317 g/mol. The molecule has 0 spiro atoms. The maximum absolute atomic E-state index is 5.55. The fourth-order valence-electron chi connectivity index (χ4n) is 1.33. The first-order valence-corrected chi connectivity index (χ1v) is 5.12. The standard InChI is InChI=1S/C13H13N2O.CH3.Y/c1-9-10(2)14-13(15-11(9)3)16-12-7-5-4-6-8-12;;/h5-8H,1-3H3;1H3;/q2*-1;+3. The van der Waals surface area contributed by atoms with E-state index in [1.54, 1.807) is 12.1 Å². The second kappa shape index (κ2) is 7.60. The summed E-state index contributed by atoms with van der Waals surface area (Å²) >= 11 is 0. The molecule has 0 amide bonds. The van der Waals surface area contributed by atoms with Crippen LogP contribution in [0.4, 0.5) is 0 Å². The Balaban J connectivity index is 0.00000144. The van der Waals surface area contributed by atoms with E-state index in [9.17, 15) is 0 Å². The van der Waals surface area contributed by atoms with Crippen LogP contribution < -0.4 is 4.74 Å². The van der Waals surface area contributed by atoms with Gasteiger partial charge in [0.05, 0.1) is 0 Å². The smallest absolute Gasteiger partial charge is 0.451 e. The molecule has 1 heterocycles. The molecule has 1 aromatic heterocycles. The summed E-state index contributed by atoms with van der Waals surface area (Å²) in [5.41, 5.74) is 3.00. The van der Waals surface area contributed by atoms with E-state index >= 15 is 0 Å². The van der Waals surface area contributed by atoms with Crippen LogP contribution >= 0.6 is 0 Å². The minimum atomic E-state index is 0. The molecular formula is C14H16N2OY+. The van der Waals surface area contributed by atoms with Crippen LogP contribution in [0.15, 0.2) is 24.3 Å². The molecule has 0 fully saturated rings. The first-order chi connectivity index (χ1) is 7.66. The van der Waals surface area contributed by atoms with Crippen LogP contribution in [0.25, 0.3) is 0 Å². The number of aryl methyl sites for hydroxylation is 2. The molecule has 1 aromatic carbocycles. The predicted octanol–water partition coefficient (Wildman–Crippen LogP) is 3.44. The fraction of sp³-hybridized carbons (Fsp3) is 0.214. The molecule has 0 atom stereocenters. The van der Waals surface area contributed by atoms with Crippen LogP contribution in [0.3, 0.4) is 0 Å². The normalized spacial score (nSPS) is 9.06. The maximum Gasteiger partial charge on any atom is 3.00 e. The van der Waals surface area contributed by atoms with Crippen LogP contribution in [-0.4, -0.2) is 9.97 Å². The summed E-state index contributed by atoms with van der Waals surface area (Å²) in [5.74, 6) is 0.724. The Bertz CT molecular complexity index is 477. The summed E-state index contributed by atoms with van der Waals surface area (Å²) in [7, 11) is 0. The maximum atomic E-state index is 5.55. The number of nitrogens with zero attached hydrogens (tertiary/aromatic N) is 2. The van der Waals surface area contributed by atoms with Crippen LogP contribution in [0.2, 0.25) is 0 Å². The molecule has 3 nitrogen and oxygen atoms in total. The molecular weight excluding hydrogens is 301 g/mol. The van der Waals surface area contributed by atoms with Gasteiger partial charge in [0.2, 0.25) is 0 Å². The Morgan fingerprint density at radius 2 is 1.50 bits per heavy atom. The van der Waals surface area contributed by atoms with Crippen molar-refractivity contribution in [2.75, 3.05) is 0 Å². The minimum Gasteiger partial charge on any atom is -0.451 e. The second-order valence-corrected chi connectivity index (χ2v) is 3.64. The van der Waals surface area contributed by atoms with E-state index < -0.39 is 0 Å². The van der Waals surface area contributed by atoms with Crippen molar-refractivity contribution in [3.63, 3.8) is 0 Å². The number of aromatic nitrogens is 2. The fourth-order valence-corrected chi connectivity index (χ4v) is 1.33. The van der Waals surface area contributed by atoms with Gasteiger partial charge in [0.15, 0.2) is 0 Å². The molecule has 0 radical (unpaired) electrons. The third-order valence-electron chi connectivity index (χ3n) is 2.51. The molecule has 0 saturated heterocycles. The molecule has 0 bridgehead atoms. The van der Waals surface area contributed by atoms with Gasteiger partial charge in [-0.3, -0.25) is 0 Å². The van der Waals surface area contributed by atoms with Gasteiger partial charge < -0.3 is 12.2 Å². The molecule has 0 aliphatic carbocycles. The molecule has 0 N–H and O–H groups in total. The Morgan fingerprint density at radius 3 is 2.00 bits per heavy atom. The van der Waals surface area contributed by atoms with Crippen molar-refractivity contribution < 1.29 is 37.4 Å². The zero-order valence-corrected chi connectivity index (χ0v) is 14.0. The van der Waals surface area contributed by atoms with Crippen LogP contribution in [-0.2, 0) is 32.7 Å². The molecule has 0 saturated carbocycles. The van der Waals surface area contributed by atoms with Crippen molar-refractivity contribution in [1.82, 2.24) is 9.97 Å². The summed E-state index contributed by atoms with van der Waals surface area (Å²) in [6.07, 6.45) is 0. The molecule has 2 aromatic rings. The van der Waals surface area contributed by atoms with Gasteiger partial charge in [0.25, 0.3) is 0 Å². The topological polar surface area (TPSA) is 35.0 Å². The van der Waals surface area contributed by atoms with Crippen molar-refractivity contribution >= 4 is 0 Å². The summed E-state index contributed by atoms with van der Waals surface area (Å²) in [5, 5.41) is 0. The second-order valence-electron chi connectivity index (χ2n) is 3.64.